The van der Waals surface area contributed by atoms with E-state index in [0.717, 1.165) is 35.5 Å². The Balaban J connectivity index is 1.63. The van der Waals surface area contributed by atoms with Gasteiger partial charge in [-0.05, 0) is 31.9 Å². The van der Waals surface area contributed by atoms with Gasteiger partial charge in [-0.2, -0.15) is 0 Å². The zero-order valence-corrected chi connectivity index (χ0v) is 16.5. The number of fused-ring (bicyclic) bond motifs is 1. The molecule has 0 N–H and O–H groups in total. The highest BCUT2D eigenvalue weighted by Crippen LogP contribution is 2.33. The van der Waals surface area contributed by atoms with E-state index in [1.54, 1.807) is 12.1 Å². The average Bonchev–Trinajstić information content (AvgIpc) is 3.34. The lowest BCUT2D eigenvalue weighted by atomic mass is 10.1. The van der Waals surface area contributed by atoms with E-state index in [1.807, 2.05) is 40.7 Å². The van der Waals surface area contributed by atoms with Crippen molar-refractivity contribution in [3.05, 3.63) is 63.8 Å². The molecule has 6 heteroatoms. The lowest BCUT2D eigenvalue weighted by Gasteiger charge is -2.24. The number of hydrogen-bond donors (Lipinski definition) is 0. The quantitative estimate of drug-likeness (QED) is 0.692. The summed E-state index contributed by atoms with van der Waals surface area (Å²) in [4.78, 5) is 27.3. The average molecular weight is 379 g/mol. The number of rotatable bonds is 4. The van der Waals surface area contributed by atoms with Crippen LogP contribution in [-0.4, -0.2) is 27.1 Å². The summed E-state index contributed by atoms with van der Waals surface area (Å²) in [6, 6.07) is 11.0. The van der Waals surface area contributed by atoms with E-state index in [-0.39, 0.29) is 29.8 Å². The van der Waals surface area contributed by atoms with Crippen molar-refractivity contribution < 1.29 is 9.32 Å². The molecule has 0 saturated carbocycles. The summed E-state index contributed by atoms with van der Waals surface area (Å²) in [5, 5.41) is 4.86. The first-order chi connectivity index (χ1) is 13.5. The highest BCUT2D eigenvalue weighted by atomic mass is 16.5. The number of likely N-dealkylation sites (tertiary alicyclic amines) is 1. The van der Waals surface area contributed by atoms with Gasteiger partial charge in [-0.15, -0.1) is 0 Å². The van der Waals surface area contributed by atoms with Crippen LogP contribution in [-0.2, 0) is 11.3 Å². The van der Waals surface area contributed by atoms with E-state index in [4.69, 9.17) is 4.52 Å². The van der Waals surface area contributed by atoms with Gasteiger partial charge in [-0.3, -0.25) is 9.59 Å². The molecule has 0 bridgehead atoms. The van der Waals surface area contributed by atoms with Crippen LogP contribution in [0.4, 0.5) is 0 Å². The fraction of sp³-hybridized carbons (Fsp3) is 0.409. The fourth-order valence-corrected chi connectivity index (χ4v) is 3.99. The number of amides is 1. The molecular weight excluding hydrogens is 354 g/mol. The predicted molar refractivity (Wildman–Crippen MR) is 107 cm³/mol. The van der Waals surface area contributed by atoms with Crippen LogP contribution < -0.4 is 5.43 Å². The van der Waals surface area contributed by atoms with Crippen molar-refractivity contribution in [3.63, 3.8) is 0 Å². The largest absolute Gasteiger partial charge is 0.361 e. The standard InChI is InChI=1S/C22H25N3O3/c1-14(2)21-12-17(23-28-21)19-9-6-10-24(19)22(27)13-25-15(3)11-20(26)16-7-4-5-8-18(16)25/h4-5,7-8,11-12,14,19H,6,9-10,13H2,1-3H3. The lowest BCUT2D eigenvalue weighted by molar-refractivity contribution is -0.132. The number of hydrogen-bond acceptors (Lipinski definition) is 4. The molecule has 0 radical (unpaired) electrons. The van der Waals surface area contributed by atoms with E-state index >= 15 is 0 Å². The number of aryl methyl sites for hydroxylation is 1. The van der Waals surface area contributed by atoms with Gasteiger partial charge >= 0.3 is 0 Å². The number of benzene rings is 1. The predicted octanol–water partition coefficient (Wildman–Crippen LogP) is 3.79. The summed E-state index contributed by atoms with van der Waals surface area (Å²) < 4.78 is 7.37. The molecule has 1 atom stereocenters. The lowest BCUT2D eigenvalue weighted by Crippen LogP contribution is -2.34. The van der Waals surface area contributed by atoms with Crippen LogP contribution in [0.2, 0.25) is 0 Å². The summed E-state index contributed by atoms with van der Waals surface area (Å²) in [5.74, 6) is 1.15. The topological polar surface area (TPSA) is 68.3 Å². The molecule has 6 nitrogen and oxygen atoms in total. The number of aromatic nitrogens is 2. The second-order valence-corrected chi connectivity index (χ2v) is 7.81. The smallest absolute Gasteiger partial charge is 0.243 e. The molecule has 1 unspecified atom stereocenters. The summed E-state index contributed by atoms with van der Waals surface area (Å²) in [6.07, 6.45) is 1.84. The Morgan fingerprint density at radius 2 is 2.07 bits per heavy atom. The Labute approximate surface area is 163 Å². The Kier molecular flexibility index (Phi) is 4.79. The third-order valence-corrected chi connectivity index (χ3v) is 5.55. The van der Waals surface area contributed by atoms with Gasteiger partial charge in [0.1, 0.15) is 18.0 Å². The molecule has 1 fully saturated rings. The molecule has 1 aliphatic heterocycles. The zero-order chi connectivity index (χ0) is 19.8. The second-order valence-electron chi connectivity index (χ2n) is 7.81. The Morgan fingerprint density at radius 1 is 1.29 bits per heavy atom. The molecule has 1 amide bonds. The summed E-state index contributed by atoms with van der Waals surface area (Å²) in [7, 11) is 0. The Morgan fingerprint density at radius 3 is 2.82 bits per heavy atom. The maximum atomic E-state index is 13.2. The van der Waals surface area contributed by atoms with Crippen molar-refractivity contribution in [3.8, 4) is 0 Å². The normalized spacial score (nSPS) is 17.0. The van der Waals surface area contributed by atoms with Gasteiger partial charge in [0.25, 0.3) is 0 Å². The Bertz CT molecular complexity index is 1080. The molecule has 1 saturated heterocycles. The summed E-state index contributed by atoms with van der Waals surface area (Å²) >= 11 is 0. The SMILES string of the molecule is Cc1cc(=O)c2ccccc2n1CC(=O)N1CCCC1c1cc(C(C)C)on1. The van der Waals surface area contributed by atoms with Crippen LogP contribution in [0.3, 0.4) is 0 Å². The van der Waals surface area contributed by atoms with Gasteiger partial charge in [0.2, 0.25) is 5.91 Å². The number of carbonyl (C=O) groups is 1. The molecule has 4 rings (SSSR count). The molecule has 146 valence electrons. The van der Waals surface area contributed by atoms with Crippen LogP contribution in [0.25, 0.3) is 10.9 Å². The molecule has 28 heavy (non-hydrogen) atoms. The molecule has 2 aromatic heterocycles. The summed E-state index contributed by atoms with van der Waals surface area (Å²) in [5.41, 5.74) is 2.40. The van der Waals surface area contributed by atoms with Crippen molar-refractivity contribution in [2.75, 3.05) is 6.54 Å². The van der Waals surface area contributed by atoms with E-state index in [2.05, 4.69) is 19.0 Å². The van der Waals surface area contributed by atoms with Gasteiger partial charge < -0.3 is 14.0 Å². The van der Waals surface area contributed by atoms with E-state index in [0.29, 0.717) is 11.9 Å². The van der Waals surface area contributed by atoms with Crippen molar-refractivity contribution >= 4 is 16.8 Å². The minimum atomic E-state index is -0.0466. The van der Waals surface area contributed by atoms with Gasteiger partial charge in [-0.25, -0.2) is 0 Å². The maximum absolute atomic E-state index is 13.2. The molecule has 0 spiro atoms. The third kappa shape index (κ3) is 3.23. The first-order valence-electron chi connectivity index (χ1n) is 9.81. The second kappa shape index (κ2) is 7.26. The monoisotopic (exact) mass is 379 g/mol. The van der Waals surface area contributed by atoms with Crippen LogP contribution in [0.15, 0.2) is 45.7 Å². The fourth-order valence-electron chi connectivity index (χ4n) is 3.99. The van der Waals surface area contributed by atoms with E-state index in [1.165, 1.54) is 0 Å². The number of nitrogens with zero attached hydrogens (tertiary/aromatic N) is 3. The number of para-hydroxylation sites is 1. The van der Waals surface area contributed by atoms with Crippen LogP contribution >= 0.6 is 0 Å². The first kappa shape index (κ1) is 18.5. The maximum Gasteiger partial charge on any atom is 0.243 e. The van der Waals surface area contributed by atoms with Crippen molar-refractivity contribution in [2.24, 2.45) is 0 Å². The highest BCUT2D eigenvalue weighted by Gasteiger charge is 2.32. The van der Waals surface area contributed by atoms with Gasteiger partial charge in [-0.1, -0.05) is 31.1 Å². The molecule has 3 aromatic rings. The van der Waals surface area contributed by atoms with Crippen LogP contribution in [0.5, 0.6) is 0 Å². The first-order valence-corrected chi connectivity index (χ1v) is 9.81. The Hall–Kier alpha value is -2.89. The van der Waals surface area contributed by atoms with Crippen molar-refractivity contribution in [1.82, 2.24) is 14.6 Å². The minimum absolute atomic E-state index is 0.0142. The van der Waals surface area contributed by atoms with Crippen LogP contribution in [0, 0.1) is 6.92 Å². The molecule has 0 aliphatic carbocycles. The third-order valence-electron chi connectivity index (χ3n) is 5.55. The van der Waals surface area contributed by atoms with Crippen molar-refractivity contribution in [1.29, 1.82) is 0 Å². The zero-order valence-electron chi connectivity index (χ0n) is 16.5. The molecule has 3 heterocycles. The minimum Gasteiger partial charge on any atom is -0.361 e. The number of carbonyl (C=O) groups excluding carboxylic acids is 1. The molecule has 1 aliphatic rings. The van der Waals surface area contributed by atoms with Crippen molar-refractivity contribution in [2.45, 2.75) is 52.1 Å². The summed E-state index contributed by atoms with van der Waals surface area (Å²) in [6.45, 7) is 6.91. The van der Waals surface area contributed by atoms with Gasteiger partial charge in [0, 0.05) is 35.7 Å². The number of pyridine rings is 1. The molecular formula is C22H25N3O3. The van der Waals surface area contributed by atoms with E-state index in [9.17, 15) is 9.59 Å². The van der Waals surface area contributed by atoms with Crippen LogP contribution in [0.1, 0.15) is 55.8 Å². The highest BCUT2D eigenvalue weighted by molar-refractivity contribution is 5.83. The molecule has 1 aromatic carbocycles. The van der Waals surface area contributed by atoms with Gasteiger partial charge in [0.05, 0.1) is 11.6 Å². The van der Waals surface area contributed by atoms with E-state index < -0.39 is 0 Å². The van der Waals surface area contributed by atoms with Gasteiger partial charge in [0.15, 0.2) is 5.43 Å².